The lowest BCUT2D eigenvalue weighted by Crippen LogP contribution is -2.11. The van der Waals surface area contributed by atoms with Gasteiger partial charge < -0.3 is 4.74 Å². The maximum Gasteiger partial charge on any atom is 0.433 e. The molecule has 0 aliphatic heterocycles. The normalized spacial score (nSPS) is 20.0. The number of halogens is 3. The third kappa shape index (κ3) is 4.75. The molecule has 2 heterocycles. The molecule has 0 N–H and O–H groups in total. The lowest BCUT2D eigenvalue weighted by molar-refractivity contribution is -0.141. The van der Waals surface area contributed by atoms with Gasteiger partial charge in [-0.2, -0.15) is 17.5 Å². The van der Waals surface area contributed by atoms with Crippen LogP contribution in [-0.4, -0.2) is 27.5 Å². The number of pyridine rings is 1. The Morgan fingerprint density at radius 2 is 2.10 bits per heavy atom. The molecule has 0 spiro atoms. The van der Waals surface area contributed by atoms with Crippen molar-refractivity contribution in [2.24, 2.45) is 10.3 Å². The molecule has 1 aliphatic rings. The Morgan fingerprint density at radius 3 is 2.70 bits per heavy atom. The Bertz CT molecular complexity index is 1100. The van der Waals surface area contributed by atoms with Crippen LogP contribution in [0.4, 0.5) is 18.3 Å². The van der Waals surface area contributed by atoms with Gasteiger partial charge in [-0.25, -0.2) is 9.19 Å². The van der Waals surface area contributed by atoms with E-state index >= 15 is 0 Å². The van der Waals surface area contributed by atoms with Crippen molar-refractivity contribution < 1.29 is 22.1 Å². The van der Waals surface area contributed by atoms with Crippen LogP contribution >= 0.6 is 11.3 Å². The van der Waals surface area contributed by atoms with E-state index in [0.717, 1.165) is 35.7 Å². The number of aromatic nitrogens is 2. The number of alkyl halides is 3. The van der Waals surface area contributed by atoms with Crippen LogP contribution in [0.3, 0.4) is 0 Å². The molecule has 1 aliphatic carbocycles. The quantitative estimate of drug-likeness (QED) is 0.552. The fraction of sp³-hybridized carbons (Fsp3) is 0.400. The van der Waals surface area contributed by atoms with Crippen LogP contribution in [0.5, 0.6) is 0 Å². The zero-order chi connectivity index (χ0) is 22.1. The van der Waals surface area contributed by atoms with E-state index in [2.05, 4.69) is 21.3 Å². The van der Waals surface area contributed by atoms with Crippen LogP contribution in [0.15, 0.2) is 46.0 Å². The summed E-state index contributed by atoms with van der Waals surface area (Å²) in [6, 6.07) is 2.18. The van der Waals surface area contributed by atoms with E-state index in [4.69, 9.17) is 4.74 Å². The molecule has 3 rings (SSSR count). The van der Waals surface area contributed by atoms with Crippen LogP contribution in [0.1, 0.15) is 42.5 Å². The Kier molecular flexibility index (Phi) is 6.37. The van der Waals surface area contributed by atoms with Crippen molar-refractivity contribution in [2.45, 2.75) is 31.7 Å². The summed E-state index contributed by atoms with van der Waals surface area (Å²) >= 11 is 1.27. The third-order valence-corrected chi connectivity index (χ3v) is 7.94. The lowest BCUT2D eigenvalue weighted by atomic mass is 9.90. The zero-order valence-corrected chi connectivity index (χ0v) is 18.6. The third-order valence-electron chi connectivity index (χ3n) is 4.97. The van der Waals surface area contributed by atoms with Crippen LogP contribution in [0.2, 0.25) is 0 Å². The van der Waals surface area contributed by atoms with Crippen molar-refractivity contribution in [3.8, 4) is 0 Å². The molecule has 0 fully saturated rings. The Morgan fingerprint density at radius 1 is 1.37 bits per heavy atom. The van der Waals surface area contributed by atoms with Crippen molar-refractivity contribution >= 4 is 31.8 Å². The second-order valence-electron chi connectivity index (χ2n) is 7.11. The number of allylic oxidation sites excluding steroid dienone is 3. The number of ether oxygens (including phenoxy) is 1. The van der Waals surface area contributed by atoms with E-state index < -0.39 is 26.8 Å². The molecular formula is C20H22F3N3O2S2. The highest BCUT2D eigenvalue weighted by Crippen LogP contribution is 2.37. The summed E-state index contributed by atoms with van der Waals surface area (Å²) in [4.78, 5) is 7.98. The number of nitrogens with zero attached hydrogens (tertiary/aromatic N) is 3. The number of thiazole rings is 1. The first-order valence-corrected chi connectivity index (χ1v) is 12.0. The Balaban J connectivity index is 1.90. The molecule has 3 unspecified atom stereocenters. The van der Waals surface area contributed by atoms with Crippen molar-refractivity contribution in [3.63, 3.8) is 0 Å². The van der Waals surface area contributed by atoms with Gasteiger partial charge in [-0.15, -0.1) is 11.3 Å². The van der Waals surface area contributed by atoms with Gasteiger partial charge in [0.15, 0.2) is 0 Å². The summed E-state index contributed by atoms with van der Waals surface area (Å²) in [7, 11) is -1.22. The van der Waals surface area contributed by atoms with Crippen molar-refractivity contribution in [1.82, 2.24) is 9.97 Å². The van der Waals surface area contributed by atoms with E-state index in [0.29, 0.717) is 10.7 Å². The molecule has 0 amide bonds. The minimum absolute atomic E-state index is 0.225. The molecule has 2 aromatic rings. The molecule has 0 radical (unpaired) electrons. The van der Waals surface area contributed by atoms with Crippen molar-refractivity contribution in [2.75, 3.05) is 13.4 Å². The van der Waals surface area contributed by atoms with Gasteiger partial charge in [0.1, 0.15) is 11.5 Å². The molecule has 0 saturated carbocycles. The zero-order valence-electron chi connectivity index (χ0n) is 16.9. The van der Waals surface area contributed by atoms with Crippen molar-refractivity contribution in [1.29, 1.82) is 0 Å². The predicted molar refractivity (Wildman–Crippen MR) is 113 cm³/mol. The smallest absolute Gasteiger partial charge is 0.433 e. The number of rotatable bonds is 5. The second kappa shape index (κ2) is 8.50. The van der Waals surface area contributed by atoms with Crippen LogP contribution in [0, 0.1) is 5.92 Å². The molecular weight excluding hydrogens is 435 g/mol. The van der Waals surface area contributed by atoms with Crippen LogP contribution in [-0.2, 0) is 20.6 Å². The molecule has 0 aromatic carbocycles. The summed E-state index contributed by atoms with van der Waals surface area (Å²) in [5.41, 5.74) is 1.14. The fourth-order valence-electron chi connectivity index (χ4n) is 3.12. The Hall–Kier alpha value is -2.20. The monoisotopic (exact) mass is 457 g/mol. The molecule has 10 heteroatoms. The van der Waals surface area contributed by atoms with Gasteiger partial charge in [-0.05, 0) is 37.0 Å². The first kappa shape index (κ1) is 22.5. The standard InChI is InChI=1S/C20H22F3N3O2S2/c1-12-6-5-7-16(28-3)18(12)15-11-29-19(25-15)26-30(4,27)13(2)14-8-9-17(24-10-14)20(21,22)23/h5,7-13H,6H2,1-4H3. The Labute approximate surface area is 177 Å². The van der Waals surface area contributed by atoms with Gasteiger partial charge in [-0.3, -0.25) is 4.98 Å². The molecule has 5 nitrogen and oxygen atoms in total. The molecule has 0 saturated heterocycles. The van der Waals surface area contributed by atoms with Crippen molar-refractivity contribution in [3.05, 3.63) is 58.6 Å². The lowest BCUT2D eigenvalue weighted by Gasteiger charge is -2.19. The van der Waals surface area contributed by atoms with Crippen LogP contribution in [0.25, 0.3) is 5.57 Å². The molecule has 3 atom stereocenters. The van der Waals surface area contributed by atoms with E-state index in [9.17, 15) is 17.4 Å². The van der Waals surface area contributed by atoms with E-state index in [1.807, 2.05) is 17.5 Å². The summed E-state index contributed by atoms with van der Waals surface area (Å²) < 4.78 is 61.1. The summed E-state index contributed by atoms with van der Waals surface area (Å²) in [5, 5.41) is 1.58. The average molecular weight is 458 g/mol. The number of methoxy groups -OCH3 is 1. The van der Waals surface area contributed by atoms with Gasteiger partial charge in [0, 0.05) is 23.4 Å². The van der Waals surface area contributed by atoms with Gasteiger partial charge in [0.05, 0.1) is 27.8 Å². The van der Waals surface area contributed by atoms with Gasteiger partial charge in [-0.1, -0.05) is 19.1 Å². The minimum atomic E-state index is -4.52. The second-order valence-corrected chi connectivity index (χ2v) is 10.6. The average Bonchev–Trinajstić information content (AvgIpc) is 3.13. The maximum atomic E-state index is 13.2. The maximum absolute atomic E-state index is 13.2. The molecule has 0 bridgehead atoms. The van der Waals surface area contributed by atoms with E-state index in [-0.39, 0.29) is 5.92 Å². The minimum Gasteiger partial charge on any atom is -0.496 e. The van der Waals surface area contributed by atoms with Gasteiger partial charge in [0.25, 0.3) is 0 Å². The summed E-state index contributed by atoms with van der Waals surface area (Å²) in [6.45, 7) is 3.74. The first-order valence-electron chi connectivity index (χ1n) is 9.17. The molecule has 2 aromatic heterocycles. The first-order chi connectivity index (χ1) is 14.0. The molecule has 30 heavy (non-hydrogen) atoms. The highest BCUT2D eigenvalue weighted by Gasteiger charge is 2.32. The predicted octanol–water partition coefficient (Wildman–Crippen LogP) is 6.00. The molecule has 162 valence electrons. The number of hydrogen-bond acceptors (Lipinski definition) is 6. The topological polar surface area (TPSA) is 64.4 Å². The largest absolute Gasteiger partial charge is 0.496 e. The van der Waals surface area contributed by atoms with Gasteiger partial charge >= 0.3 is 6.18 Å². The van der Waals surface area contributed by atoms with E-state index in [1.165, 1.54) is 23.7 Å². The summed E-state index contributed by atoms with van der Waals surface area (Å²) in [5.74, 6) is 0.968. The van der Waals surface area contributed by atoms with Gasteiger partial charge in [0.2, 0.25) is 5.13 Å². The highest BCUT2D eigenvalue weighted by molar-refractivity contribution is 7.93. The SMILES string of the molecule is COC1=C(c2csc(N=S(C)(=O)C(C)c3ccc(C(F)(F)F)nc3)n2)C(C)CC=C1. The van der Waals surface area contributed by atoms with Crippen LogP contribution < -0.4 is 0 Å². The van der Waals surface area contributed by atoms with E-state index in [1.54, 1.807) is 14.0 Å². The highest BCUT2D eigenvalue weighted by atomic mass is 32.2. The summed E-state index contributed by atoms with van der Waals surface area (Å²) in [6.07, 6.45) is 2.89. The number of hydrogen-bond donors (Lipinski definition) is 0. The fourth-order valence-corrected chi connectivity index (χ4v) is 5.43.